The van der Waals surface area contributed by atoms with Crippen LogP contribution in [0.5, 0.6) is 5.75 Å². The number of nitrogens with one attached hydrogen (secondary N) is 2. The minimum absolute atomic E-state index is 0.177. The van der Waals surface area contributed by atoms with Crippen LogP contribution < -0.4 is 15.4 Å². The number of fused-ring (bicyclic) bond motifs is 1. The van der Waals surface area contributed by atoms with Crippen molar-refractivity contribution in [3.05, 3.63) is 53.0 Å². The Morgan fingerprint density at radius 3 is 2.49 bits per heavy atom. The zero-order chi connectivity index (χ0) is 31.1. The van der Waals surface area contributed by atoms with Gasteiger partial charge in [-0.25, -0.2) is 9.97 Å². The van der Waals surface area contributed by atoms with E-state index in [4.69, 9.17) is 4.98 Å². The molecule has 14 heteroatoms. The van der Waals surface area contributed by atoms with Crippen molar-refractivity contribution >= 4 is 33.3 Å². The molecular formula is C29H33F3N6O4S. The summed E-state index contributed by atoms with van der Waals surface area (Å²) in [6.07, 6.45) is -4.76. The number of aliphatic hydroxyl groups excluding tert-OH is 2. The second kappa shape index (κ2) is 11.8. The molecule has 10 nitrogen and oxygen atoms in total. The maximum Gasteiger partial charge on any atom is 0.573 e. The van der Waals surface area contributed by atoms with E-state index in [0.29, 0.717) is 34.7 Å². The molecule has 0 spiro atoms. The summed E-state index contributed by atoms with van der Waals surface area (Å²) in [6.45, 7) is 7.24. The Bertz CT molecular complexity index is 1620. The molecule has 0 saturated heterocycles. The van der Waals surface area contributed by atoms with Gasteiger partial charge in [0, 0.05) is 18.2 Å². The SMILES string of the molecule is CCc1nc(C)cc2sc(-c3c(C)nc(N[C@H](C)c4ccc(OC(F)(F)F)cc4)nc3N[C@@]3(O)CC[C@H](CO)[C@H]3O)nc12. The van der Waals surface area contributed by atoms with E-state index in [1.165, 1.54) is 35.6 Å². The van der Waals surface area contributed by atoms with Crippen molar-refractivity contribution < 1.29 is 33.2 Å². The number of aliphatic hydroxyl groups is 3. The zero-order valence-electron chi connectivity index (χ0n) is 24.0. The number of ether oxygens (including phenoxy) is 1. The van der Waals surface area contributed by atoms with Gasteiger partial charge >= 0.3 is 6.36 Å². The lowest BCUT2D eigenvalue weighted by molar-refractivity contribution is -0.274. The fourth-order valence-corrected chi connectivity index (χ4v) is 6.51. The summed E-state index contributed by atoms with van der Waals surface area (Å²) in [6, 6.07) is 7.02. The van der Waals surface area contributed by atoms with Crippen LogP contribution in [0.15, 0.2) is 30.3 Å². The van der Waals surface area contributed by atoms with Crippen molar-refractivity contribution in [2.75, 3.05) is 17.2 Å². The minimum atomic E-state index is -4.78. The summed E-state index contributed by atoms with van der Waals surface area (Å²) in [5, 5.41) is 38.7. The smallest absolute Gasteiger partial charge is 0.406 e. The van der Waals surface area contributed by atoms with E-state index in [1.807, 2.05) is 19.9 Å². The largest absolute Gasteiger partial charge is 0.573 e. The van der Waals surface area contributed by atoms with Gasteiger partial charge < -0.3 is 30.7 Å². The molecule has 1 aliphatic carbocycles. The molecular weight excluding hydrogens is 585 g/mol. The van der Waals surface area contributed by atoms with E-state index in [-0.39, 0.29) is 30.5 Å². The topological polar surface area (TPSA) is 146 Å². The summed E-state index contributed by atoms with van der Waals surface area (Å²) < 4.78 is 42.6. The predicted octanol–water partition coefficient (Wildman–Crippen LogP) is 5.26. The van der Waals surface area contributed by atoms with Crippen LogP contribution in [0.1, 0.15) is 55.4 Å². The number of hydrogen-bond acceptors (Lipinski definition) is 11. The number of alkyl halides is 3. The molecule has 1 aromatic carbocycles. The maximum absolute atomic E-state index is 12.6. The quantitative estimate of drug-likeness (QED) is 0.157. The molecule has 0 unspecified atom stereocenters. The Balaban J connectivity index is 1.52. The minimum Gasteiger partial charge on any atom is -0.406 e. The van der Waals surface area contributed by atoms with Crippen LogP contribution in [0.3, 0.4) is 0 Å². The van der Waals surface area contributed by atoms with E-state index in [1.54, 1.807) is 13.8 Å². The monoisotopic (exact) mass is 618 g/mol. The highest BCUT2D eigenvalue weighted by molar-refractivity contribution is 7.21. The van der Waals surface area contributed by atoms with Gasteiger partial charge in [-0.15, -0.1) is 24.5 Å². The fraction of sp³-hybridized carbons (Fsp3) is 0.448. The standard InChI is InChI=1S/C29H33F3N6O4S/c1-5-20-23-21(12-14(2)33-20)43-26(36-23)22-16(4)35-27(37-25(22)38-28(41)11-10-18(13-39)24(28)40)34-15(3)17-6-8-19(9-7-17)42-29(30,31)32/h6-9,12,15,18,24,39-41H,5,10-11,13H2,1-4H3,(H2,34,35,37,38)/t15-,18-,24-,28-/m1/s1. The molecule has 0 radical (unpaired) electrons. The van der Waals surface area contributed by atoms with Crippen molar-refractivity contribution in [2.45, 2.75) is 71.2 Å². The van der Waals surface area contributed by atoms with Gasteiger partial charge in [0.2, 0.25) is 5.95 Å². The average Bonchev–Trinajstić information content (AvgIpc) is 3.47. The second-order valence-electron chi connectivity index (χ2n) is 10.7. The number of hydrogen-bond donors (Lipinski definition) is 5. The number of nitrogens with zero attached hydrogens (tertiary/aromatic N) is 4. The molecule has 3 heterocycles. The highest BCUT2D eigenvalue weighted by Gasteiger charge is 2.47. The Hall–Kier alpha value is -3.59. The first-order valence-corrected chi connectivity index (χ1v) is 14.7. The molecule has 4 aromatic rings. The molecule has 1 saturated carbocycles. The van der Waals surface area contributed by atoms with Gasteiger partial charge in [0.05, 0.1) is 27.7 Å². The number of benzene rings is 1. The summed E-state index contributed by atoms with van der Waals surface area (Å²) in [7, 11) is 0. The first kappa shape index (κ1) is 30.9. The van der Waals surface area contributed by atoms with Gasteiger partial charge in [-0.3, -0.25) is 4.98 Å². The number of aryl methyl sites for hydroxylation is 3. The third kappa shape index (κ3) is 6.51. The summed E-state index contributed by atoms with van der Waals surface area (Å²) >= 11 is 1.44. The molecule has 0 amide bonds. The molecule has 230 valence electrons. The highest BCUT2D eigenvalue weighted by Crippen LogP contribution is 2.41. The Labute approximate surface area is 250 Å². The van der Waals surface area contributed by atoms with E-state index in [0.717, 1.165) is 21.6 Å². The van der Waals surface area contributed by atoms with Crippen LogP contribution in [0, 0.1) is 19.8 Å². The van der Waals surface area contributed by atoms with Crippen LogP contribution >= 0.6 is 11.3 Å². The van der Waals surface area contributed by atoms with Crippen LogP contribution in [0.4, 0.5) is 24.9 Å². The van der Waals surface area contributed by atoms with Crippen LogP contribution in [-0.4, -0.2) is 60.1 Å². The number of rotatable bonds is 9. The van der Waals surface area contributed by atoms with E-state index < -0.39 is 30.2 Å². The fourth-order valence-electron chi connectivity index (χ4n) is 5.33. The number of pyridine rings is 1. The maximum atomic E-state index is 12.6. The lowest BCUT2D eigenvalue weighted by Gasteiger charge is -2.31. The Kier molecular flexibility index (Phi) is 8.49. The lowest BCUT2D eigenvalue weighted by Crippen LogP contribution is -2.48. The van der Waals surface area contributed by atoms with E-state index in [9.17, 15) is 28.5 Å². The third-order valence-corrected chi connectivity index (χ3v) is 8.60. The molecule has 5 N–H and O–H groups in total. The van der Waals surface area contributed by atoms with Gasteiger partial charge in [-0.05, 0) is 63.8 Å². The number of thiazole rings is 1. The predicted molar refractivity (Wildman–Crippen MR) is 157 cm³/mol. The molecule has 5 rings (SSSR count). The summed E-state index contributed by atoms with van der Waals surface area (Å²) in [5.74, 6) is -0.412. The number of aromatic nitrogens is 4. The molecule has 3 aromatic heterocycles. The molecule has 4 atom stereocenters. The second-order valence-corrected chi connectivity index (χ2v) is 11.8. The Morgan fingerprint density at radius 2 is 1.86 bits per heavy atom. The third-order valence-electron chi connectivity index (χ3n) is 7.58. The van der Waals surface area contributed by atoms with Gasteiger partial charge in [0.15, 0.2) is 5.72 Å². The van der Waals surface area contributed by atoms with Crippen molar-refractivity contribution in [3.63, 3.8) is 0 Å². The van der Waals surface area contributed by atoms with Crippen molar-refractivity contribution in [1.82, 2.24) is 19.9 Å². The number of halogens is 3. The van der Waals surface area contributed by atoms with Gasteiger partial charge in [0.25, 0.3) is 0 Å². The van der Waals surface area contributed by atoms with Crippen molar-refractivity contribution in [2.24, 2.45) is 5.92 Å². The number of anilines is 2. The molecule has 1 fully saturated rings. The molecule has 1 aliphatic rings. The first-order chi connectivity index (χ1) is 20.3. The van der Waals surface area contributed by atoms with Gasteiger partial charge in [-0.1, -0.05) is 19.1 Å². The van der Waals surface area contributed by atoms with Crippen molar-refractivity contribution in [1.29, 1.82) is 0 Å². The molecule has 0 aliphatic heterocycles. The van der Waals surface area contributed by atoms with Crippen LogP contribution in [-0.2, 0) is 6.42 Å². The van der Waals surface area contributed by atoms with E-state index in [2.05, 4.69) is 30.3 Å². The van der Waals surface area contributed by atoms with Gasteiger partial charge in [0.1, 0.15) is 28.2 Å². The average molecular weight is 619 g/mol. The molecule has 43 heavy (non-hydrogen) atoms. The van der Waals surface area contributed by atoms with Crippen LogP contribution in [0.25, 0.3) is 20.8 Å². The van der Waals surface area contributed by atoms with Gasteiger partial charge in [-0.2, -0.15) is 4.98 Å². The molecule has 0 bridgehead atoms. The van der Waals surface area contributed by atoms with Crippen molar-refractivity contribution in [3.8, 4) is 16.3 Å². The summed E-state index contributed by atoms with van der Waals surface area (Å²) in [5.41, 5.74) is 2.48. The normalized spacial score (nSPS) is 21.3. The lowest BCUT2D eigenvalue weighted by atomic mass is 10.0. The highest BCUT2D eigenvalue weighted by atomic mass is 32.1. The summed E-state index contributed by atoms with van der Waals surface area (Å²) in [4.78, 5) is 18.8. The van der Waals surface area contributed by atoms with E-state index >= 15 is 0 Å². The van der Waals surface area contributed by atoms with Crippen LogP contribution in [0.2, 0.25) is 0 Å². The Morgan fingerprint density at radius 1 is 1.14 bits per heavy atom. The zero-order valence-corrected chi connectivity index (χ0v) is 24.8. The first-order valence-electron chi connectivity index (χ1n) is 13.9.